The zero-order chi connectivity index (χ0) is 19.0. The quantitative estimate of drug-likeness (QED) is 0.750. The topological polar surface area (TPSA) is 92.3 Å². The third-order valence-corrected chi connectivity index (χ3v) is 4.28. The van der Waals surface area contributed by atoms with Crippen LogP contribution in [0.2, 0.25) is 0 Å². The first kappa shape index (κ1) is 17.0. The first-order valence-corrected chi connectivity index (χ1v) is 8.91. The molecular formula is C20H19N5O2. The van der Waals surface area contributed by atoms with E-state index in [0.717, 1.165) is 24.2 Å². The molecule has 3 aromatic heterocycles. The van der Waals surface area contributed by atoms with Gasteiger partial charge in [0.15, 0.2) is 0 Å². The van der Waals surface area contributed by atoms with Gasteiger partial charge in [-0.3, -0.25) is 4.79 Å². The second kappa shape index (κ2) is 6.72. The number of nitrogens with one attached hydrogen (secondary N) is 1. The number of rotatable bonds is 5. The predicted molar refractivity (Wildman–Crippen MR) is 99.8 cm³/mol. The Morgan fingerprint density at radius 1 is 1.33 bits per heavy atom. The molecule has 3 heterocycles. The summed E-state index contributed by atoms with van der Waals surface area (Å²) in [5, 5.41) is 11.7. The SMILES string of the molecule is CC(C)Oc1cc2nc(C3CC3)cn2cc1C(=O)Nc1cccc(C#N)n1. The number of pyridine rings is 2. The summed E-state index contributed by atoms with van der Waals surface area (Å²) in [6, 6.07) is 8.65. The number of hydrogen-bond acceptors (Lipinski definition) is 5. The van der Waals surface area contributed by atoms with Crippen molar-refractivity contribution in [3.8, 4) is 11.8 Å². The first-order chi connectivity index (χ1) is 13.0. The van der Waals surface area contributed by atoms with E-state index < -0.39 is 0 Å². The van der Waals surface area contributed by atoms with Crippen LogP contribution in [0.4, 0.5) is 5.82 Å². The number of amides is 1. The van der Waals surface area contributed by atoms with Gasteiger partial charge in [-0.05, 0) is 38.8 Å². The third-order valence-electron chi connectivity index (χ3n) is 4.28. The highest BCUT2D eigenvalue weighted by Crippen LogP contribution is 2.39. The van der Waals surface area contributed by atoms with E-state index in [1.807, 2.05) is 30.5 Å². The van der Waals surface area contributed by atoms with Crippen LogP contribution in [0, 0.1) is 11.3 Å². The molecule has 27 heavy (non-hydrogen) atoms. The second-order valence-corrected chi connectivity index (χ2v) is 6.90. The molecule has 0 radical (unpaired) electrons. The summed E-state index contributed by atoms with van der Waals surface area (Å²) < 4.78 is 7.71. The molecule has 0 aromatic carbocycles. The number of nitrogens with zero attached hydrogens (tertiary/aromatic N) is 4. The van der Waals surface area contributed by atoms with Crippen molar-refractivity contribution in [2.24, 2.45) is 0 Å². The summed E-state index contributed by atoms with van der Waals surface area (Å²) in [5.74, 6) is 0.963. The van der Waals surface area contributed by atoms with Gasteiger partial charge in [0.05, 0.1) is 17.4 Å². The number of carbonyl (C=O) groups is 1. The molecule has 1 N–H and O–H groups in total. The lowest BCUT2D eigenvalue weighted by Crippen LogP contribution is -2.17. The Hall–Kier alpha value is -3.40. The lowest BCUT2D eigenvalue weighted by atomic mass is 10.2. The Morgan fingerprint density at radius 2 is 2.15 bits per heavy atom. The van der Waals surface area contributed by atoms with Crippen molar-refractivity contribution in [3.05, 3.63) is 53.6 Å². The van der Waals surface area contributed by atoms with E-state index in [9.17, 15) is 4.79 Å². The molecule has 1 fully saturated rings. The molecule has 1 saturated carbocycles. The number of carbonyl (C=O) groups excluding carboxylic acids is 1. The highest BCUT2D eigenvalue weighted by Gasteiger charge is 2.27. The molecule has 0 unspecified atom stereocenters. The largest absolute Gasteiger partial charge is 0.490 e. The van der Waals surface area contributed by atoms with Gasteiger partial charge >= 0.3 is 0 Å². The van der Waals surface area contributed by atoms with Gasteiger partial charge in [-0.2, -0.15) is 5.26 Å². The maximum Gasteiger partial charge on any atom is 0.262 e. The molecule has 3 aromatic rings. The highest BCUT2D eigenvalue weighted by atomic mass is 16.5. The van der Waals surface area contributed by atoms with E-state index in [-0.39, 0.29) is 17.7 Å². The van der Waals surface area contributed by atoms with Gasteiger partial charge in [0.2, 0.25) is 0 Å². The lowest BCUT2D eigenvalue weighted by Gasteiger charge is -2.14. The van der Waals surface area contributed by atoms with Gasteiger partial charge in [-0.15, -0.1) is 0 Å². The molecule has 7 nitrogen and oxygen atoms in total. The number of anilines is 1. The van der Waals surface area contributed by atoms with Gasteiger partial charge in [0, 0.05) is 24.4 Å². The van der Waals surface area contributed by atoms with Crippen LogP contribution in [0.5, 0.6) is 5.75 Å². The molecule has 0 aliphatic heterocycles. The fourth-order valence-electron chi connectivity index (χ4n) is 2.88. The Labute approximate surface area is 156 Å². The second-order valence-electron chi connectivity index (χ2n) is 6.90. The number of aromatic nitrogens is 3. The van der Waals surface area contributed by atoms with Crippen molar-refractivity contribution in [1.29, 1.82) is 5.26 Å². The van der Waals surface area contributed by atoms with Crippen molar-refractivity contribution in [2.45, 2.75) is 38.7 Å². The van der Waals surface area contributed by atoms with E-state index in [1.54, 1.807) is 30.5 Å². The minimum Gasteiger partial charge on any atom is -0.490 e. The fraction of sp³-hybridized carbons (Fsp3) is 0.300. The Morgan fingerprint density at radius 3 is 2.85 bits per heavy atom. The predicted octanol–water partition coefficient (Wildman–Crippen LogP) is 3.52. The standard InChI is InChI=1S/C20H19N5O2/c1-12(2)27-17-8-19-23-16(13-6-7-13)11-25(19)10-15(17)20(26)24-18-5-3-4-14(9-21)22-18/h3-5,8,10-13H,6-7H2,1-2H3,(H,22,24,26). The van der Waals surface area contributed by atoms with Gasteiger partial charge in [0.1, 0.15) is 29.0 Å². The molecule has 0 atom stereocenters. The molecule has 0 bridgehead atoms. The van der Waals surface area contributed by atoms with Crippen LogP contribution in [0.15, 0.2) is 36.7 Å². The number of imidazole rings is 1. The summed E-state index contributed by atoms with van der Waals surface area (Å²) in [6.07, 6.45) is 5.94. The smallest absolute Gasteiger partial charge is 0.262 e. The summed E-state index contributed by atoms with van der Waals surface area (Å²) in [5.41, 5.74) is 2.44. The molecular weight excluding hydrogens is 342 g/mol. The van der Waals surface area contributed by atoms with Crippen molar-refractivity contribution in [3.63, 3.8) is 0 Å². The molecule has 1 aliphatic carbocycles. The van der Waals surface area contributed by atoms with E-state index in [2.05, 4.69) is 15.3 Å². The zero-order valence-corrected chi connectivity index (χ0v) is 15.1. The summed E-state index contributed by atoms with van der Waals surface area (Å²) in [6.45, 7) is 3.82. The lowest BCUT2D eigenvalue weighted by molar-refractivity contribution is 0.102. The molecule has 1 amide bonds. The number of nitriles is 1. The van der Waals surface area contributed by atoms with Gasteiger partial charge in [-0.1, -0.05) is 6.07 Å². The van der Waals surface area contributed by atoms with Gasteiger partial charge in [0.25, 0.3) is 5.91 Å². The highest BCUT2D eigenvalue weighted by molar-refractivity contribution is 6.05. The minimum atomic E-state index is -0.350. The molecule has 1 aliphatic rings. The molecule has 4 rings (SSSR count). The zero-order valence-electron chi connectivity index (χ0n) is 15.1. The Balaban J connectivity index is 1.70. The molecule has 7 heteroatoms. The van der Waals surface area contributed by atoms with Crippen LogP contribution in [-0.2, 0) is 0 Å². The Kier molecular flexibility index (Phi) is 4.24. The molecule has 0 spiro atoms. The van der Waals surface area contributed by atoms with Crippen LogP contribution in [0.1, 0.15) is 54.4 Å². The fourth-order valence-corrected chi connectivity index (χ4v) is 2.88. The molecule has 136 valence electrons. The van der Waals surface area contributed by atoms with Crippen molar-refractivity contribution < 1.29 is 9.53 Å². The van der Waals surface area contributed by atoms with E-state index in [1.165, 1.54) is 0 Å². The van der Waals surface area contributed by atoms with Crippen molar-refractivity contribution >= 4 is 17.4 Å². The summed E-state index contributed by atoms with van der Waals surface area (Å²) in [4.78, 5) is 21.6. The summed E-state index contributed by atoms with van der Waals surface area (Å²) in [7, 11) is 0. The average Bonchev–Trinajstić information content (AvgIpc) is 3.41. The van der Waals surface area contributed by atoms with E-state index in [4.69, 9.17) is 10.00 Å². The number of fused-ring (bicyclic) bond motifs is 1. The summed E-state index contributed by atoms with van der Waals surface area (Å²) >= 11 is 0. The van der Waals surface area contributed by atoms with Crippen LogP contribution in [0.3, 0.4) is 0 Å². The monoisotopic (exact) mass is 361 g/mol. The van der Waals surface area contributed by atoms with Crippen LogP contribution in [-0.4, -0.2) is 26.4 Å². The van der Waals surface area contributed by atoms with Crippen LogP contribution in [0.25, 0.3) is 5.65 Å². The van der Waals surface area contributed by atoms with Crippen molar-refractivity contribution in [1.82, 2.24) is 14.4 Å². The van der Waals surface area contributed by atoms with Gasteiger partial charge in [-0.25, -0.2) is 9.97 Å². The van der Waals surface area contributed by atoms with Crippen LogP contribution < -0.4 is 10.1 Å². The molecule has 0 saturated heterocycles. The first-order valence-electron chi connectivity index (χ1n) is 8.91. The van der Waals surface area contributed by atoms with Crippen LogP contribution >= 0.6 is 0 Å². The van der Waals surface area contributed by atoms with E-state index in [0.29, 0.717) is 23.0 Å². The number of hydrogen-bond donors (Lipinski definition) is 1. The maximum atomic E-state index is 12.9. The van der Waals surface area contributed by atoms with Gasteiger partial charge < -0.3 is 14.5 Å². The van der Waals surface area contributed by atoms with Crippen molar-refractivity contribution in [2.75, 3.05) is 5.32 Å². The third kappa shape index (κ3) is 3.60. The maximum absolute atomic E-state index is 12.9. The average molecular weight is 361 g/mol. The Bertz CT molecular complexity index is 1060. The number of ether oxygens (including phenoxy) is 1. The minimum absolute atomic E-state index is 0.0862. The van der Waals surface area contributed by atoms with E-state index >= 15 is 0 Å². The normalized spacial score (nSPS) is 13.6.